The first-order valence-electron chi connectivity index (χ1n) is 12.2. The van der Waals surface area contributed by atoms with Crippen LogP contribution in [0.25, 0.3) is 0 Å². The molecule has 7 nitrogen and oxygen atoms in total. The molecular formula is C29H22Cl2N2O5. The molecule has 1 aliphatic heterocycles. The molecule has 0 radical (unpaired) electrons. The van der Waals surface area contributed by atoms with Crippen molar-refractivity contribution in [3.63, 3.8) is 0 Å². The summed E-state index contributed by atoms with van der Waals surface area (Å²) in [4.78, 5) is 50.8. The summed E-state index contributed by atoms with van der Waals surface area (Å²) in [6.45, 7) is 1.47. The zero-order valence-electron chi connectivity index (χ0n) is 20.2. The van der Waals surface area contributed by atoms with E-state index in [2.05, 4.69) is 5.32 Å². The van der Waals surface area contributed by atoms with Crippen LogP contribution in [0.1, 0.15) is 39.5 Å². The number of likely N-dealkylation sites (tertiary alicyclic amines) is 1. The number of hydrogen-bond acceptors (Lipinski definition) is 5. The van der Waals surface area contributed by atoms with Crippen LogP contribution < -0.4 is 5.32 Å². The molecule has 0 aromatic heterocycles. The lowest BCUT2D eigenvalue weighted by Crippen LogP contribution is -2.57. The lowest BCUT2D eigenvalue weighted by Gasteiger charge is -2.54. The van der Waals surface area contributed by atoms with Gasteiger partial charge in [0.2, 0.25) is 17.7 Å². The minimum Gasteiger partial charge on any atom is -0.462 e. The Kier molecular flexibility index (Phi) is 5.63. The summed E-state index contributed by atoms with van der Waals surface area (Å²) in [5.41, 5.74) is 3.54. The molecule has 0 unspecified atom stereocenters. The zero-order valence-corrected chi connectivity index (χ0v) is 21.8. The molecule has 2 bridgehead atoms. The number of carbonyl (C=O) groups is 4. The summed E-state index contributed by atoms with van der Waals surface area (Å²) >= 11 is 14.8. The normalized spacial score (nSPS) is 26.4. The topological polar surface area (TPSA) is 92.8 Å². The molecule has 192 valence electrons. The number of benzene rings is 3. The van der Waals surface area contributed by atoms with E-state index < -0.39 is 51.8 Å². The second-order valence-electron chi connectivity index (χ2n) is 9.58. The molecule has 38 heavy (non-hydrogen) atoms. The Hall–Kier alpha value is -3.68. The van der Waals surface area contributed by atoms with E-state index in [1.54, 1.807) is 19.1 Å². The van der Waals surface area contributed by atoms with Gasteiger partial charge in [0.25, 0.3) is 0 Å². The van der Waals surface area contributed by atoms with Crippen LogP contribution in [-0.4, -0.2) is 41.7 Å². The number of nitrogens with zero attached hydrogens (tertiary/aromatic N) is 1. The molecule has 1 fully saturated rings. The molecule has 2 atom stereocenters. The Morgan fingerprint density at radius 1 is 0.816 bits per heavy atom. The van der Waals surface area contributed by atoms with Crippen molar-refractivity contribution in [1.82, 2.24) is 4.90 Å². The summed E-state index contributed by atoms with van der Waals surface area (Å²) in [6, 6.07) is 20.9. The van der Waals surface area contributed by atoms with E-state index in [1.165, 1.54) is 12.1 Å². The van der Waals surface area contributed by atoms with Gasteiger partial charge in [0.1, 0.15) is 16.3 Å². The van der Waals surface area contributed by atoms with Crippen molar-refractivity contribution in [3.8, 4) is 0 Å². The molecule has 3 aromatic carbocycles. The number of hydrogen-bond donors (Lipinski definition) is 1. The van der Waals surface area contributed by atoms with Gasteiger partial charge in [0.05, 0.1) is 24.0 Å². The van der Waals surface area contributed by atoms with Crippen molar-refractivity contribution in [2.75, 3.05) is 18.5 Å². The van der Waals surface area contributed by atoms with E-state index in [4.69, 9.17) is 27.9 Å². The molecule has 3 aliphatic carbocycles. The summed E-state index contributed by atoms with van der Waals surface area (Å²) in [5, 5.41) is 2.68. The fourth-order valence-corrected chi connectivity index (χ4v) is 7.23. The molecule has 0 saturated carbocycles. The van der Waals surface area contributed by atoms with Gasteiger partial charge < -0.3 is 10.1 Å². The second kappa shape index (κ2) is 8.68. The first-order valence-corrected chi connectivity index (χ1v) is 13.0. The van der Waals surface area contributed by atoms with Crippen LogP contribution in [-0.2, 0) is 28.9 Å². The maximum absolute atomic E-state index is 13.8. The Morgan fingerprint density at radius 2 is 1.26 bits per heavy atom. The minimum absolute atomic E-state index is 0.251. The van der Waals surface area contributed by atoms with Crippen LogP contribution in [0.4, 0.5) is 5.69 Å². The lowest BCUT2D eigenvalue weighted by atomic mass is 9.54. The molecule has 9 heteroatoms. The highest BCUT2D eigenvalue weighted by Crippen LogP contribution is 2.69. The summed E-state index contributed by atoms with van der Waals surface area (Å²) < 4.78 is 4.96. The highest BCUT2D eigenvalue weighted by atomic mass is 35.5. The molecule has 1 N–H and O–H groups in total. The molecule has 1 saturated heterocycles. The van der Waals surface area contributed by atoms with Gasteiger partial charge in [0.15, 0.2) is 0 Å². The Bertz CT molecular complexity index is 1400. The van der Waals surface area contributed by atoms with E-state index in [1.807, 2.05) is 48.5 Å². The number of nitrogens with one attached hydrogen (secondary N) is 1. The van der Waals surface area contributed by atoms with Crippen LogP contribution in [0.5, 0.6) is 0 Å². The number of halogens is 2. The maximum atomic E-state index is 13.8. The van der Waals surface area contributed by atoms with Crippen molar-refractivity contribution in [2.24, 2.45) is 11.8 Å². The van der Waals surface area contributed by atoms with Crippen molar-refractivity contribution in [3.05, 3.63) is 101 Å². The van der Waals surface area contributed by atoms with Crippen molar-refractivity contribution >= 4 is 52.6 Å². The van der Waals surface area contributed by atoms with E-state index in [9.17, 15) is 19.2 Å². The number of anilines is 1. The number of carbonyl (C=O) groups excluding carboxylic acids is 4. The number of amides is 3. The number of rotatable bonds is 5. The molecule has 0 spiro atoms. The predicted molar refractivity (Wildman–Crippen MR) is 141 cm³/mol. The highest BCUT2D eigenvalue weighted by Gasteiger charge is 2.73. The van der Waals surface area contributed by atoms with Gasteiger partial charge in [-0.05, 0) is 53.4 Å². The number of imide groups is 1. The average Bonchev–Trinajstić information content (AvgIpc) is 3.18. The zero-order chi connectivity index (χ0) is 26.8. The van der Waals surface area contributed by atoms with E-state index in [0.717, 1.165) is 4.90 Å². The van der Waals surface area contributed by atoms with Crippen molar-refractivity contribution in [1.29, 1.82) is 0 Å². The monoisotopic (exact) mass is 548 g/mol. The molecule has 3 amide bonds. The fraction of sp³-hybridized carbons (Fsp3) is 0.241. The van der Waals surface area contributed by atoms with Gasteiger partial charge in [-0.2, -0.15) is 0 Å². The molecular weight excluding hydrogens is 527 g/mol. The van der Waals surface area contributed by atoms with Crippen LogP contribution in [0.2, 0.25) is 0 Å². The molecule has 1 heterocycles. The molecule has 3 aromatic rings. The van der Waals surface area contributed by atoms with Gasteiger partial charge in [-0.1, -0.05) is 48.5 Å². The Balaban J connectivity index is 1.31. The SMILES string of the molecule is CCOC(=O)c1ccc(NC(=O)CN2C(=O)[C@H]3[C@H](C2=O)C2(Cl)c4ccccc4C3(Cl)c3ccccc32)cc1. The first-order chi connectivity index (χ1) is 18.2. The maximum Gasteiger partial charge on any atom is 0.338 e. The minimum atomic E-state index is -1.30. The third-order valence-corrected chi connectivity index (χ3v) is 8.94. The van der Waals surface area contributed by atoms with Crippen LogP contribution in [0.15, 0.2) is 72.8 Å². The third kappa shape index (κ3) is 3.21. The molecule has 7 rings (SSSR count). The predicted octanol–water partition coefficient (Wildman–Crippen LogP) is 4.40. The van der Waals surface area contributed by atoms with Gasteiger partial charge in [-0.15, -0.1) is 23.2 Å². The molecule has 4 aliphatic rings. The second-order valence-corrected chi connectivity index (χ2v) is 10.8. The summed E-state index contributed by atoms with van der Waals surface area (Å²) in [6.07, 6.45) is 0. The third-order valence-electron chi connectivity index (χ3n) is 7.66. The van der Waals surface area contributed by atoms with E-state index in [0.29, 0.717) is 33.5 Å². The van der Waals surface area contributed by atoms with Crippen molar-refractivity contribution in [2.45, 2.75) is 16.7 Å². The number of alkyl halides is 2. The average molecular weight is 549 g/mol. The Morgan fingerprint density at radius 3 is 1.68 bits per heavy atom. The standard InChI is InChI=1S/C29H22Cl2N2O5/c1-2-38-27(37)16-11-13-17(14-12-16)32-22(34)15-33-25(35)23-24(26(33)36)29(31)19-8-4-3-7-18(19)28(23,30)20-9-5-6-10-21(20)29/h3-14,23-24H,2,15H2,1H3,(H,32,34)/t23-,24-,28?,29?/m1/s1. The van der Waals surface area contributed by atoms with Gasteiger partial charge in [-0.3, -0.25) is 19.3 Å². The van der Waals surface area contributed by atoms with Crippen LogP contribution >= 0.6 is 23.2 Å². The van der Waals surface area contributed by atoms with Crippen molar-refractivity contribution < 1.29 is 23.9 Å². The first kappa shape index (κ1) is 24.6. The smallest absolute Gasteiger partial charge is 0.338 e. The van der Waals surface area contributed by atoms with Crippen LogP contribution in [0.3, 0.4) is 0 Å². The highest BCUT2D eigenvalue weighted by molar-refractivity contribution is 6.36. The quantitative estimate of drug-likeness (QED) is 0.290. The summed E-state index contributed by atoms with van der Waals surface area (Å²) in [7, 11) is 0. The number of ether oxygens (including phenoxy) is 1. The van der Waals surface area contributed by atoms with Gasteiger partial charge in [0, 0.05) is 5.69 Å². The summed E-state index contributed by atoms with van der Waals surface area (Å²) in [5.74, 6) is -4.02. The van der Waals surface area contributed by atoms with Gasteiger partial charge >= 0.3 is 5.97 Å². The largest absolute Gasteiger partial charge is 0.462 e. The van der Waals surface area contributed by atoms with Gasteiger partial charge in [-0.25, -0.2) is 4.79 Å². The van der Waals surface area contributed by atoms with E-state index >= 15 is 0 Å². The number of esters is 1. The van der Waals surface area contributed by atoms with Crippen LogP contribution in [0, 0.1) is 11.8 Å². The lowest BCUT2D eigenvalue weighted by molar-refractivity contribution is -0.142. The van der Waals surface area contributed by atoms with E-state index in [-0.39, 0.29) is 6.61 Å². The Labute approximate surface area is 228 Å². The fourth-order valence-electron chi connectivity index (χ4n) is 6.13.